The third kappa shape index (κ3) is 6.90. The van der Waals surface area contributed by atoms with Gasteiger partial charge in [-0.05, 0) is 63.9 Å². The van der Waals surface area contributed by atoms with Crippen LogP contribution in [-0.4, -0.2) is 99.1 Å². The Hall–Kier alpha value is -2.35. The fraction of sp³-hybridized carbons (Fsp3) is 0.781. The van der Waals surface area contributed by atoms with Crippen molar-refractivity contribution in [1.82, 2.24) is 0 Å². The maximum atomic E-state index is 13.7. The molecular weight excluding hydrogens is 576 g/mol. The predicted molar refractivity (Wildman–Crippen MR) is 154 cm³/mol. The van der Waals surface area contributed by atoms with E-state index in [0.29, 0.717) is 24.8 Å². The Balaban J connectivity index is 1.67. The van der Waals surface area contributed by atoms with Gasteiger partial charge in [0.1, 0.15) is 37.6 Å². The lowest BCUT2D eigenvalue weighted by atomic mass is 9.46. The number of cyclic esters (lactones) is 2. The standard InChI is InChI=1S/C32H48O12/c1-17-10-12-41-23(34)14-30(3,40)15-24(35)42-16-20-25(36)26(37)27(38)29(43-20)44-28(39)19-7-6-8-21-31(19,4)11-9-18(2)32(21,5)22(33)13-17/h7,10,18,20-22,25-27,29,33,36-38,40H,6,8-9,11-16H2,1-5H3. The molecule has 12 nitrogen and oxygen atoms in total. The van der Waals surface area contributed by atoms with Gasteiger partial charge in [0, 0.05) is 16.4 Å². The summed E-state index contributed by atoms with van der Waals surface area (Å²) in [6.07, 6.45) is -3.53. The van der Waals surface area contributed by atoms with Crippen LogP contribution in [0.5, 0.6) is 0 Å². The van der Waals surface area contributed by atoms with E-state index in [4.69, 9.17) is 18.9 Å². The molecule has 6 bridgehead atoms. The van der Waals surface area contributed by atoms with Crippen molar-refractivity contribution < 1.29 is 58.9 Å². The van der Waals surface area contributed by atoms with Gasteiger partial charge in [-0.1, -0.05) is 32.4 Å². The van der Waals surface area contributed by atoms with Crippen LogP contribution in [0.3, 0.4) is 0 Å². The first-order valence-corrected chi connectivity index (χ1v) is 15.5. The Kier molecular flexibility index (Phi) is 10.3. The summed E-state index contributed by atoms with van der Waals surface area (Å²) in [5.41, 5.74) is -1.82. The number of rotatable bonds is 0. The second-order valence-electron chi connectivity index (χ2n) is 13.9. The number of carbonyl (C=O) groups excluding carboxylic acids is 3. The molecule has 0 radical (unpaired) electrons. The summed E-state index contributed by atoms with van der Waals surface area (Å²) in [7, 11) is 0. The van der Waals surface area contributed by atoms with E-state index in [-0.39, 0.29) is 18.4 Å². The molecule has 2 aliphatic carbocycles. The predicted octanol–water partition coefficient (Wildman–Crippen LogP) is 1.44. The average molecular weight is 625 g/mol. The number of ether oxygens (including phenoxy) is 4. The molecule has 4 rings (SSSR count). The summed E-state index contributed by atoms with van der Waals surface area (Å²) < 4.78 is 21.7. The van der Waals surface area contributed by atoms with Crippen LogP contribution in [-0.2, 0) is 33.3 Å². The number of hydrogen-bond acceptors (Lipinski definition) is 12. The maximum absolute atomic E-state index is 13.7. The van der Waals surface area contributed by atoms with Crippen LogP contribution >= 0.6 is 0 Å². The van der Waals surface area contributed by atoms with E-state index in [1.807, 2.05) is 19.9 Å². The molecular formula is C32H48O12. The SMILES string of the molecule is CC1=CCOC(=O)CC(C)(O)CC(=O)OCC2OC(OC(=O)C3=CCCC4C3(C)CCC(C)C4(C)C(O)C1)C(O)C(O)C2O. The van der Waals surface area contributed by atoms with E-state index < -0.39 is 90.6 Å². The van der Waals surface area contributed by atoms with Gasteiger partial charge in [0.25, 0.3) is 0 Å². The topological polar surface area (TPSA) is 189 Å². The number of hydrogen-bond donors (Lipinski definition) is 5. The first-order valence-electron chi connectivity index (χ1n) is 15.5. The Morgan fingerprint density at radius 2 is 1.55 bits per heavy atom. The molecule has 0 aromatic carbocycles. The number of allylic oxidation sites excluding steroid dienone is 1. The van der Waals surface area contributed by atoms with Crippen molar-refractivity contribution >= 4 is 17.9 Å². The van der Waals surface area contributed by atoms with Crippen LogP contribution in [0.4, 0.5) is 0 Å². The largest absolute Gasteiger partial charge is 0.463 e. The molecule has 11 atom stereocenters. The van der Waals surface area contributed by atoms with Crippen molar-refractivity contribution in [3.05, 3.63) is 23.3 Å². The van der Waals surface area contributed by atoms with Crippen molar-refractivity contribution in [1.29, 1.82) is 0 Å². The normalized spacial score (nSPS) is 44.9. The summed E-state index contributed by atoms with van der Waals surface area (Å²) in [6, 6.07) is 0. The zero-order valence-corrected chi connectivity index (χ0v) is 26.2. The van der Waals surface area contributed by atoms with Gasteiger partial charge in [-0.15, -0.1) is 0 Å². The Labute approximate surface area is 258 Å². The molecule has 11 unspecified atom stereocenters. The summed E-state index contributed by atoms with van der Waals surface area (Å²) in [5.74, 6) is -2.34. The quantitative estimate of drug-likeness (QED) is 0.148. The molecule has 0 aromatic rings. The zero-order valence-electron chi connectivity index (χ0n) is 26.2. The van der Waals surface area contributed by atoms with Crippen LogP contribution < -0.4 is 0 Å². The molecule has 1 saturated carbocycles. The zero-order chi connectivity index (χ0) is 32.6. The summed E-state index contributed by atoms with van der Waals surface area (Å²) >= 11 is 0. The molecule has 12 heteroatoms. The summed E-state index contributed by atoms with van der Waals surface area (Å²) in [5, 5.41) is 54.0. The molecule has 248 valence electrons. The van der Waals surface area contributed by atoms with Crippen LogP contribution in [0.2, 0.25) is 0 Å². The Bertz CT molecular complexity index is 1160. The minimum atomic E-state index is -1.80. The fourth-order valence-electron chi connectivity index (χ4n) is 7.66. The van der Waals surface area contributed by atoms with Gasteiger partial charge in [-0.3, -0.25) is 9.59 Å². The third-order valence-corrected chi connectivity index (χ3v) is 10.6. The average Bonchev–Trinajstić information content (AvgIpc) is 2.93. The number of aliphatic hydroxyl groups excluding tert-OH is 4. The smallest absolute Gasteiger partial charge is 0.336 e. The summed E-state index contributed by atoms with van der Waals surface area (Å²) in [6.45, 7) is 8.63. The number of esters is 3. The molecule has 2 fully saturated rings. The second-order valence-corrected chi connectivity index (χ2v) is 13.9. The molecule has 4 aliphatic rings. The van der Waals surface area contributed by atoms with E-state index in [1.54, 1.807) is 6.08 Å². The van der Waals surface area contributed by atoms with Crippen LogP contribution in [0.1, 0.15) is 79.6 Å². The number of aliphatic hydroxyl groups is 5. The molecule has 2 heterocycles. The third-order valence-electron chi connectivity index (χ3n) is 10.6. The van der Waals surface area contributed by atoms with Gasteiger partial charge in [0.2, 0.25) is 6.29 Å². The van der Waals surface area contributed by atoms with Gasteiger partial charge in [0.05, 0.1) is 24.5 Å². The molecule has 44 heavy (non-hydrogen) atoms. The van der Waals surface area contributed by atoms with E-state index in [0.717, 1.165) is 18.4 Å². The Morgan fingerprint density at radius 1 is 0.886 bits per heavy atom. The van der Waals surface area contributed by atoms with Gasteiger partial charge in [-0.2, -0.15) is 0 Å². The van der Waals surface area contributed by atoms with Crippen LogP contribution in [0.25, 0.3) is 0 Å². The van der Waals surface area contributed by atoms with Crippen LogP contribution in [0.15, 0.2) is 23.3 Å². The highest BCUT2D eigenvalue weighted by molar-refractivity contribution is 5.90. The van der Waals surface area contributed by atoms with Crippen molar-refractivity contribution in [2.45, 2.75) is 122 Å². The first-order chi connectivity index (χ1) is 20.5. The number of fused-ring (bicyclic) bond motifs is 2. The molecule has 0 spiro atoms. The molecule has 2 aliphatic heterocycles. The van der Waals surface area contributed by atoms with E-state index in [2.05, 4.69) is 13.8 Å². The molecule has 1 saturated heterocycles. The van der Waals surface area contributed by atoms with Gasteiger partial charge in [0.15, 0.2) is 0 Å². The minimum Gasteiger partial charge on any atom is -0.463 e. The molecule has 0 amide bonds. The molecule has 0 aromatic heterocycles. The highest BCUT2D eigenvalue weighted by atomic mass is 16.7. The van der Waals surface area contributed by atoms with Gasteiger partial charge >= 0.3 is 17.9 Å². The minimum absolute atomic E-state index is 0.0731. The highest BCUT2D eigenvalue weighted by Crippen LogP contribution is 2.62. The fourth-order valence-corrected chi connectivity index (χ4v) is 7.66. The van der Waals surface area contributed by atoms with Crippen LogP contribution in [0, 0.1) is 22.7 Å². The van der Waals surface area contributed by atoms with E-state index in [9.17, 15) is 39.9 Å². The lowest BCUT2D eigenvalue weighted by Gasteiger charge is -2.59. The Morgan fingerprint density at radius 3 is 2.23 bits per heavy atom. The van der Waals surface area contributed by atoms with Crippen molar-refractivity contribution in [2.75, 3.05) is 13.2 Å². The van der Waals surface area contributed by atoms with E-state index >= 15 is 0 Å². The van der Waals surface area contributed by atoms with Gasteiger partial charge in [-0.25, -0.2) is 4.79 Å². The van der Waals surface area contributed by atoms with Crippen molar-refractivity contribution in [3.63, 3.8) is 0 Å². The second kappa shape index (κ2) is 13.2. The van der Waals surface area contributed by atoms with Gasteiger partial charge < -0.3 is 44.5 Å². The van der Waals surface area contributed by atoms with E-state index in [1.165, 1.54) is 6.92 Å². The molecule has 5 N–H and O–H groups in total. The van der Waals surface area contributed by atoms with Crippen molar-refractivity contribution in [2.24, 2.45) is 22.7 Å². The monoisotopic (exact) mass is 624 g/mol. The maximum Gasteiger partial charge on any atom is 0.336 e. The lowest BCUT2D eigenvalue weighted by Crippen LogP contribution is -2.60. The lowest BCUT2D eigenvalue weighted by molar-refractivity contribution is -0.292. The highest BCUT2D eigenvalue weighted by Gasteiger charge is 2.58. The number of carbonyl (C=O) groups is 3. The summed E-state index contributed by atoms with van der Waals surface area (Å²) in [4.78, 5) is 38.6. The van der Waals surface area contributed by atoms with Crippen molar-refractivity contribution in [3.8, 4) is 0 Å². The first kappa shape index (κ1) is 34.5.